The molecule has 4 heteroatoms. The van der Waals surface area contributed by atoms with Crippen LogP contribution < -0.4 is 15.2 Å². The molecule has 0 fully saturated rings. The van der Waals surface area contributed by atoms with E-state index in [1.165, 1.54) is 16.3 Å². The maximum absolute atomic E-state index is 6.12. The van der Waals surface area contributed by atoms with Crippen molar-refractivity contribution < 1.29 is 9.47 Å². The Morgan fingerprint density at radius 1 is 0.846 bits per heavy atom. The van der Waals surface area contributed by atoms with Crippen molar-refractivity contribution in [1.29, 1.82) is 0 Å². The van der Waals surface area contributed by atoms with Crippen LogP contribution in [0.15, 0.2) is 65.7 Å². The molecule has 0 bridgehead atoms. The minimum Gasteiger partial charge on any atom is -0.493 e. The van der Waals surface area contributed by atoms with Crippen molar-refractivity contribution >= 4 is 16.6 Å². The van der Waals surface area contributed by atoms with Crippen LogP contribution in [0.2, 0.25) is 0 Å². The van der Waals surface area contributed by atoms with Gasteiger partial charge in [0.2, 0.25) is 0 Å². The fourth-order valence-electron chi connectivity index (χ4n) is 2.98. The summed E-state index contributed by atoms with van der Waals surface area (Å²) in [5.74, 6) is 2.12. The fourth-order valence-corrected chi connectivity index (χ4v) is 2.98. The largest absolute Gasteiger partial charge is 0.493 e. The van der Waals surface area contributed by atoms with Crippen LogP contribution in [0.5, 0.6) is 11.5 Å². The van der Waals surface area contributed by atoms with Crippen LogP contribution in [0.1, 0.15) is 11.1 Å². The average Bonchev–Trinajstić information content (AvgIpc) is 2.67. The van der Waals surface area contributed by atoms with E-state index in [1.54, 1.807) is 14.2 Å². The predicted octanol–water partition coefficient (Wildman–Crippen LogP) is 4.00. The zero-order chi connectivity index (χ0) is 18.4. The highest BCUT2D eigenvalue weighted by atomic mass is 16.5. The van der Waals surface area contributed by atoms with Crippen molar-refractivity contribution in [3.63, 3.8) is 0 Å². The van der Waals surface area contributed by atoms with E-state index in [2.05, 4.69) is 35.3 Å². The Bertz CT molecular complexity index is 919. The van der Waals surface area contributed by atoms with Crippen molar-refractivity contribution in [3.8, 4) is 11.5 Å². The number of rotatable bonds is 7. The zero-order valence-corrected chi connectivity index (χ0v) is 15.2. The van der Waals surface area contributed by atoms with Gasteiger partial charge in [0.25, 0.3) is 0 Å². The molecule has 3 aromatic carbocycles. The van der Waals surface area contributed by atoms with Gasteiger partial charge in [-0.3, -0.25) is 4.99 Å². The highest BCUT2D eigenvalue weighted by molar-refractivity contribution is 5.86. The van der Waals surface area contributed by atoms with E-state index in [-0.39, 0.29) is 0 Å². The van der Waals surface area contributed by atoms with Crippen LogP contribution in [0.25, 0.3) is 10.8 Å². The van der Waals surface area contributed by atoms with Crippen molar-refractivity contribution in [2.45, 2.75) is 12.8 Å². The molecule has 134 valence electrons. The van der Waals surface area contributed by atoms with E-state index in [1.807, 2.05) is 30.3 Å². The number of nitrogens with two attached hydrogens (primary N) is 1. The Morgan fingerprint density at radius 2 is 1.58 bits per heavy atom. The molecule has 0 amide bonds. The number of benzene rings is 3. The molecule has 0 saturated carbocycles. The van der Waals surface area contributed by atoms with Gasteiger partial charge in [-0.2, -0.15) is 0 Å². The average molecular weight is 348 g/mol. The first-order chi connectivity index (χ1) is 12.7. The monoisotopic (exact) mass is 348 g/mol. The molecule has 0 aromatic heterocycles. The van der Waals surface area contributed by atoms with Crippen LogP contribution >= 0.6 is 0 Å². The molecule has 26 heavy (non-hydrogen) atoms. The molecule has 0 radical (unpaired) electrons. The van der Waals surface area contributed by atoms with Crippen LogP contribution in [0, 0.1) is 0 Å². The molecule has 0 aliphatic heterocycles. The van der Waals surface area contributed by atoms with E-state index < -0.39 is 0 Å². The van der Waals surface area contributed by atoms with E-state index in [4.69, 9.17) is 15.2 Å². The number of aliphatic imine (C=N–C) groups is 1. The lowest BCUT2D eigenvalue weighted by Gasteiger charge is -2.09. The summed E-state index contributed by atoms with van der Waals surface area (Å²) in [7, 11) is 3.27. The van der Waals surface area contributed by atoms with Gasteiger partial charge in [-0.15, -0.1) is 0 Å². The molecule has 0 atom stereocenters. The third kappa shape index (κ3) is 4.33. The van der Waals surface area contributed by atoms with Gasteiger partial charge in [0, 0.05) is 13.0 Å². The molecule has 0 aliphatic carbocycles. The zero-order valence-electron chi connectivity index (χ0n) is 15.2. The summed E-state index contributed by atoms with van der Waals surface area (Å²) in [4.78, 5) is 4.52. The molecule has 2 N–H and O–H groups in total. The van der Waals surface area contributed by atoms with E-state index >= 15 is 0 Å². The summed E-state index contributed by atoms with van der Waals surface area (Å²) in [6.45, 7) is 0.648. The Kier molecular flexibility index (Phi) is 5.74. The van der Waals surface area contributed by atoms with Crippen LogP contribution in [-0.2, 0) is 12.8 Å². The van der Waals surface area contributed by atoms with Gasteiger partial charge in [0.15, 0.2) is 11.5 Å². The third-order valence-electron chi connectivity index (χ3n) is 4.36. The molecule has 0 unspecified atom stereocenters. The van der Waals surface area contributed by atoms with Crippen LogP contribution in [0.4, 0.5) is 0 Å². The Morgan fingerprint density at radius 3 is 2.35 bits per heavy atom. The molecule has 3 aromatic rings. The van der Waals surface area contributed by atoms with Crippen LogP contribution in [-0.4, -0.2) is 26.6 Å². The second kappa shape index (κ2) is 8.39. The maximum atomic E-state index is 6.12. The molecule has 3 rings (SSSR count). The lowest BCUT2D eigenvalue weighted by molar-refractivity contribution is 0.354. The van der Waals surface area contributed by atoms with Gasteiger partial charge < -0.3 is 15.2 Å². The lowest BCUT2D eigenvalue weighted by atomic mass is 10.0. The first kappa shape index (κ1) is 17.8. The number of methoxy groups -OCH3 is 2. The number of hydrogen-bond acceptors (Lipinski definition) is 3. The van der Waals surface area contributed by atoms with Crippen LogP contribution in [0.3, 0.4) is 0 Å². The third-order valence-corrected chi connectivity index (χ3v) is 4.36. The van der Waals surface area contributed by atoms with Crippen molar-refractivity contribution in [2.24, 2.45) is 10.7 Å². The van der Waals surface area contributed by atoms with Gasteiger partial charge in [-0.05, 0) is 40.5 Å². The van der Waals surface area contributed by atoms with E-state index in [0.717, 1.165) is 23.5 Å². The summed E-state index contributed by atoms with van der Waals surface area (Å²) in [5, 5.41) is 2.46. The van der Waals surface area contributed by atoms with E-state index in [0.29, 0.717) is 18.8 Å². The molecule has 0 saturated heterocycles. The molecular weight excluding hydrogens is 324 g/mol. The quantitative estimate of drug-likeness (QED) is 0.519. The van der Waals surface area contributed by atoms with Gasteiger partial charge in [-0.25, -0.2) is 0 Å². The standard InChI is InChI=1S/C22H24N2O2/c1-25-20-10-8-16(14-21(20)26-2)11-12-24-22(23)15-17-7-9-18-5-3-4-6-19(18)13-17/h3-10,13-14H,11-12,15H2,1-2H3,(H2,23,24). The normalized spacial score (nSPS) is 11.5. The lowest BCUT2D eigenvalue weighted by Crippen LogP contribution is -2.16. The summed E-state index contributed by atoms with van der Waals surface area (Å²) in [6, 6.07) is 20.6. The smallest absolute Gasteiger partial charge is 0.160 e. The SMILES string of the molecule is COc1ccc(CCN=C(N)Cc2ccc3ccccc3c2)cc1OC. The fraction of sp³-hybridized carbons (Fsp3) is 0.227. The topological polar surface area (TPSA) is 56.8 Å². The van der Waals surface area contributed by atoms with Gasteiger partial charge in [-0.1, -0.05) is 48.5 Å². The Labute approximate surface area is 154 Å². The first-order valence-electron chi connectivity index (χ1n) is 8.67. The summed E-state index contributed by atoms with van der Waals surface area (Å²) in [6.07, 6.45) is 1.47. The number of ether oxygens (including phenoxy) is 2. The Balaban J connectivity index is 1.61. The predicted molar refractivity (Wildman–Crippen MR) is 107 cm³/mol. The second-order valence-electron chi connectivity index (χ2n) is 6.17. The molecule has 4 nitrogen and oxygen atoms in total. The van der Waals surface area contributed by atoms with E-state index in [9.17, 15) is 0 Å². The number of amidine groups is 1. The minimum atomic E-state index is 0.648. The van der Waals surface area contributed by atoms with Gasteiger partial charge in [0.05, 0.1) is 20.1 Å². The molecule has 0 heterocycles. The van der Waals surface area contributed by atoms with Crippen molar-refractivity contribution in [2.75, 3.05) is 20.8 Å². The Hall–Kier alpha value is -3.01. The first-order valence-corrected chi connectivity index (χ1v) is 8.67. The summed E-state index contributed by atoms with van der Waals surface area (Å²) in [5.41, 5.74) is 8.44. The molecular formula is C22H24N2O2. The molecule has 0 aliphatic rings. The number of fused-ring (bicyclic) bond motifs is 1. The highest BCUT2D eigenvalue weighted by Crippen LogP contribution is 2.27. The van der Waals surface area contributed by atoms with Gasteiger partial charge in [0.1, 0.15) is 0 Å². The summed E-state index contributed by atoms with van der Waals surface area (Å²) >= 11 is 0. The second-order valence-corrected chi connectivity index (χ2v) is 6.17. The molecule has 0 spiro atoms. The van der Waals surface area contributed by atoms with Gasteiger partial charge >= 0.3 is 0 Å². The highest BCUT2D eigenvalue weighted by Gasteiger charge is 2.04. The summed E-state index contributed by atoms with van der Waals surface area (Å²) < 4.78 is 10.6. The van der Waals surface area contributed by atoms with Crippen molar-refractivity contribution in [1.82, 2.24) is 0 Å². The maximum Gasteiger partial charge on any atom is 0.160 e. The minimum absolute atomic E-state index is 0.648. The van der Waals surface area contributed by atoms with Crippen molar-refractivity contribution in [3.05, 3.63) is 71.8 Å². The number of nitrogens with zero attached hydrogens (tertiary/aromatic N) is 1. The number of hydrogen-bond donors (Lipinski definition) is 1.